The van der Waals surface area contributed by atoms with Crippen molar-refractivity contribution in [2.45, 2.75) is 27.3 Å². The number of nitriles is 1. The number of nitrogens with two attached hydrogens (primary N) is 1. The first-order valence-electron chi connectivity index (χ1n) is 6.26. The third kappa shape index (κ3) is 4.14. The van der Waals surface area contributed by atoms with Crippen LogP contribution in [0.3, 0.4) is 0 Å². The average molecular weight is 245 g/mol. The zero-order valence-electron chi connectivity index (χ0n) is 11.8. The van der Waals surface area contributed by atoms with Crippen LogP contribution in [0.15, 0.2) is 18.2 Å². The predicted octanol–water partition coefficient (Wildman–Crippen LogP) is 2.28. The van der Waals surface area contributed by atoms with E-state index < -0.39 is 0 Å². The Bertz CT molecular complexity index is 444. The van der Waals surface area contributed by atoms with Crippen molar-refractivity contribution in [2.75, 3.05) is 20.1 Å². The molecule has 0 aliphatic heterocycles. The molecule has 1 rings (SSSR count). The first-order chi connectivity index (χ1) is 8.38. The van der Waals surface area contributed by atoms with Crippen molar-refractivity contribution < 1.29 is 0 Å². The fraction of sp³-hybridized carbons (Fsp3) is 0.533. The SMILES string of the molecule is Cc1cc(C#N)ccc1CN(C)CC(C)(C)CN. The highest BCUT2D eigenvalue weighted by atomic mass is 15.1. The Morgan fingerprint density at radius 2 is 2.06 bits per heavy atom. The maximum absolute atomic E-state index is 8.85. The number of rotatable bonds is 5. The summed E-state index contributed by atoms with van der Waals surface area (Å²) in [4.78, 5) is 2.28. The van der Waals surface area contributed by atoms with Crippen molar-refractivity contribution >= 4 is 0 Å². The van der Waals surface area contributed by atoms with Crippen LogP contribution in [0, 0.1) is 23.7 Å². The van der Waals surface area contributed by atoms with E-state index in [1.54, 1.807) is 0 Å². The lowest BCUT2D eigenvalue weighted by molar-refractivity contribution is 0.209. The lowest BCUT2D eigenvalue weighted by Gasteiger charge is -2.29. The minimum Gasteiger partial charge on any atom is -0.330 e. The van der Waals surface area contributed by atoms with Gasteiger partial charge < -0.3 is 10.6 Å². The molecule has 0 saturated heterocycles. The van der Waals surface area contributed by atoms with Crippen molar-refractivity contribution in [3.05, 3.63) is 34.9 Å². The number of hydrogen-bond donors (Lipinski definition) is 1. The van der Waals surface area contributed by atoms with Gasteiger partial charge in [0.1, 0.15) is 0 Å². The number of benzene rings is 1. The van der Waals surface area contributed by atoms with Gasteiger partial charge in [-0.2, -0.15) is 5.26 Å². The van der Waals surface area contributed by atoms with Gasteiger partial charge in [0, 0.05) is 13.1 Å². The highest BCUT2D eigenvalue weighted by Gasteiger charge is 2.18. The van der Waals surface area contributed by atoms with Gasteiger partial charge in [0.05, 0.1) is 11.6 Å². The van der Waals surface area contributed by atoms with Crippen LogP contribution in [0.4, 0.5) is 0 Å². The summed E-state index contributed by atoms with van der Waals surface area (Å²) in [5.41, 5.74) is 9.05. The molecule has 0 spiro atoms. The van der Waals surface area contributed by atoms with Crippen LogP contribution in [0.5, 0.6) is 0 Å². The highest BCUT2D eigenvalue weighted by molar-refractivity contribution is 5.37. The molecule has 18 heavy (non-hydrogen) atoms. The maximum atomic E-state index is 8.85. The second-order valence-electron chi connectivity index (χ2n) is 5.79. The minimum absolute atomic E-state index is 0.134. The molecule has 0 aliphatic rings. The van der Waals surface area contributed by atoms with E-state index >= 15 is 0 Å². The summed E-state index contributed by atoms with van der Waals surface area (Å²) in [7, 11) is 2.11. The van der Waals surface area contributed by atoms with Gasteiger partial charge in [0.2, 0.25) is 0 Å². The van der Waals surface area contributed by atoms with Gasteiger partial charge in [-0.25, -0.2) is 0 Å². The largest absolute Gasteiger partial charge is 0.330 e. The van der Waals surface area contributed by atoms with Crippen LogP contribution in [0.25, 0.3) is 0 Å². The van der Waals surface area contributed by atoms with Crippen molar-refractivity contribution in [3.63, 3.8) is 0 Å². The molecule has 1 aromatic rings. The average Bonchev–Trinajstić information content (AvgIpc) is 2.31. The maximum Gasteiger partial charge on any atom is 0.0991 e. The Morgan fingerprint density at radius 1 is 1.39 bits per heavy atom. The zero-order chi connectivity index (χ0) is 13.8. The molecule has 3 nitrogen and oxygen atoms in total. The summed E-state index contributed by atoms with van der Waals surface area (Å²) >= 11 is 0. The summed E-state index contributed by atoms with van der Waals surface area (Å²) in [6.07, 6.45) is 0. The zero-order valence-corrected chi connectivity index (χ0v) is 11.8. The molecule has 0 aromatic heterocycles. The molecule has 0 saturated carbocycles. The summed E-state index contributed by atoms with van der Waals surface area (Å²) in [6, 6.07) is 8.03. The Balaban J connectivity index is 2.71. The molecule has 1 aromatic carbocycles. The lowest BCUT2D eigenvalue weighted by Crippen LogP contribution is -2.36. The van der Waals surface area contributed by atoms with Crippen LogP contribution in [0.2, 0.25) is 0 Å². The molecule has 0 fully saturated rings. The Hall–Kier alpha value is -1.37. The van der Waals surface area contributed by atoms with E-state index in [2.05, 4.69) is 38.8 Å². The predicted molar refractivity (Wildman–Crippen MR) is 75.1 cm³/mol. The van der Waals surface area contributed by atoms with E-state index in [1.165, 1.54) is 11.1 Å². The van der Waals surface area contributed by atoms with Crippen molar-refractivity contribution in [1.29, 1.82) is 5.26 Å². The van der Waals surface area contributed by atoms with E-state index in [0.717, 1.165) is 18.7 Å². The van der Waals surface area contributed by atoms with Crippen LogP contribution in [-0.2, 0) is 6.54 Å². The fourth-order valence-corrected chi connectivity index (χ4v) is 2.08. The van der Waals surface area contributed by atoms with Gasteiger partial charge in [-0.3, -0.25) is 0 Å². The fourth-order valence-electron chi connectivity index (χ4n) is 2.08. The molecule has 98 valence electrons. The highest BCUT2D eigenvalue weighted by Crippen LogP contribution is 2.17. The Kier molecular flexibility index (Phi) is 4.89. The van der Waals surface area contributed by atoms with E-state index in [0.29, 0.717) is 6.54 Å². The molecule has 0 radical (unpaired) electrons. The van der Waals surface area contributed by atoms with Crippen LogP contribution in [0.1, 0.15) is 30.5 Å². The third-order valence-corrected chi connectivity index (χ3v) is 3.16. The Labute approximate surface area is 110 Å². The number of hydrogen-bond acceptors (Lipinski definition) is 3. The molecular weight excluding hydrogens is 222 g/mol. The van der Waals surface area contributed by atoms with Crippen LogP contribution in [-0.4, -0.2) is 25.0 Å². The molecule has 3 heteroatoms. The van der Waals surface area contributed by atoms with Gasteiger partial charge in [-0.15, -0.1) is 0 Å². The molecule has 0 atom stereocenters. The molecule has 0 bridgehead atoms. The summed E-state index contributed by atoms with van der Waals surface area (Å²) < 4.78 is 0. The van der Waals surface area contributed by atoms with Crippen LogP contribution < -0.4 is 5.73 Å². The first-order valence-corrected chi connectivity index (χ1v) is 6.26. The third-order valence-electron chi connectivity index (χ3n) is 3.16. The van der Waals surface area contributed by atoms with E-state index in [1.807, 2.05) is 18.2 Å². The molecule has 0 aliphatic carbocycles. The van der Waals surface area contributed by atoms with Gasteiger partial charge in [-0.05, 0) is 49.2 Å². The normalized spacial score (nSPS) is 11.6. The molecule has 0 heterocycles. The first kappa shape index (κ1) is 14.7. The van der Waals surface area contributed by atoms with Crippen molar-refractivity contribution in [1.82, 2.24) is 4.90 Å². The molecule has 0 unspecified atom stereocenters. The molecule has 0 amide bonds. The standard InChI is InChI=1S/C15H23N3/c1-12-7-13(8-16)5-6-14(12)9-18(4)11-15(2,3)10-17/h5-7H,9-11,17H2,1-4H3. The van der Waals surface area contributed by atoms with Crippen molar-refractivity contribution in [2.24, 2.45) is 11.1 Å². The van der Waals surface area contributed by atoms with E-state index in [4.69, 9.17) is 11.0 Å². The summed E-state index contributed by atoms with van der Waals surface area (Å²) in [6.45, 7) is 8.94. The summed E-state index contributed by atoms with van der Waals surface area (Å²) in [5.74, 6) is 0. The quantitative estimate of drug-likeness (QED) is 0.866. The monoisotopic (exact) mass is 245 g/mol. The number of nitrogens with zero attached hydrogens (tertiary/aromatic N) is 2. The van der Waals surface area contributed by atoms with Crippen molar-refractivity contribution in [3.8, 4) is 6.07 Å². The minimum atomic E-state index is 0.134. The molecular formula is C15H23N3. The van der Waals surface area contributed by atoms with E-state index in [9.17, 15) is 0 Å². The van der Waals surface area contributed by atoms with Gasteiger partial charge >= 0.3 is 0 Å². The van der Waals surface area contributed by atoms with Crippen LogP contribution >= 0.6 is 0 Å². The van der Waals surface area contributed by atoms with Gasteiger partial charge in [-0.1, -0.05) is 19.9 Å². The smallest absolute Gasteiger partial charge is 0.0991 e. The van der Waals surface area contributed by atoms with Gasteiger partial charge in [0.25, 0.3) is 0 Å². The lowest BCUT2D eigenvalue weighted by atomic mass is 9.93. The summed E-state index contributed by atoms with van der Waals surface area (Å²) in [5, 5.41) is 8.85. The second-order valence-corrected chi connectivity index (χ2v) is 5.79. The Morgan fingerprint density at radius 3 is 2.56 bits per heavy atom. The second kappa shape index (κ2) is 5.99. The molecule has 2 N–H and O–H groups in total. The van der Waals surface area contributed by atoms with E-state index in [-0.39, 0.29) is 5.41 Å². The van der Waals surface area contributed by atoms with Gasteiger partial charge in [0.15, 0.2) is 0 Å². The number of aryl methyl sites for hydroxylation is 1. The topological polar surface area (TPSA) is 53.0 Å².